The zero-order valence-electron chi connectivity index (χ0n) is 15.6. The molecule has 3 heterocycles. The van der Waals surface area contributed by atoms with Gasteiger partial charge >= 0.3 is 0 Å². The molecule has 0 radical (unpaired) electrons. The van der Waals surface area contributed by atoms with Crippen molar-refractivity contribution < 1.29 is 9.53 Å². The molecule has 7 heteroatoms. The molecule has 0 aromatic carbocycles. The predicted molar refractivity (Wildman–Crippen MR) is 97.7 cm³/mol. The van der Waals surface area contributed by atoms with Gasteiger partial charge in [-0.25, -0.2) is 4.98 Å². The van der Waals surface area contributed by atoms with Crippen LogP contribution in [0.5, 0.6) is 0 Å². The van der Waals surface area contributed by atoms with Crippen molar-refractivity contribution in [2.45, 2.75) is 26.0 Å². The van der Waals surface area contributed by atoms with Crippen LogP contribution in [0.15, 0.2) is 18.3 Å². The number of pyridine rings is 1. The van der Waals surface area contributed by atoms with E-state index in [1.165, 1.54) is 6.20 Å². The maximum atomic E-state index is 12.6. The molecule has 26 heavy (non-hydrogen) atoms. The van der Waals surface area contributed by atoms with Gasteiger partial charge in [-0.3, -0.25) is 14.6 Å². The lowest BCUT2D eigenvalue weighted by molar-refractivity contribution is -0.0555. The Bertz CT molecular complexity index is 664. The summed E-state index contributed by atoms with van der Waals surface area (Å²) in [4.78, 5) is 23.2. The summed E-state index contributed by atoms with van der Waals surface area (Å²) in [5.41, 5.74) is 0.812. The smallest absolute Gasteiger partial charge is 0.254 e. The van der Waals surface area contributed by atoms with Crippen molar-refractivity contribution >= 4 is 5.91 Å². The number of nitrogens with zero attached hydrogens (tertiary/aromatic N) is 5. The molecule has 1 unspecified atom stereocenters. The molecule has 2 saturated heterocycles. The van der Waals surface area contributed by atoms with Crippen LogP contribution in [0.25, 0.3) is 0 Å². The van der Waals surface area contributed by atoms with Crippen molar-refractivity contribution in [3.05, 3.63) is 29.6 Å². The van der Waals surface area contributed by atoms with Gasteiger partial charge < -0.3 is 9.64 Å². The maximum absolute atomic E-state index is 12.6. The molecule has 1 aromatic rings. The highest BCUT2D eigenvalue weighted by molar-refractivity contribution is 5.94. The minimum absolute atomic E-state index is 0.0246. The highest BCUT2D eigenvalue weighted by atomic mass is 16.5. The van der Waals surface area contributed by atoms with Gasteiger partial charge in [0.2, 0.25) is 0 Å². The van der Waals surface area contributed by atoms with Gasteiger partial charge in [0.05, 0.1) is 12.7 Å². The second-order valence-electron chi connectivity index (χ2n) is 7.22. The van der Waals surface area contributed by atoms with Crippen LogP contribution in [0.1, 0.15) is 29.9 Å². The van der Waals surface area contributed by atoms with Crippen LogP contribution < -0.4 is 0 Å². The predicted octanol–water partition coefficient (Wildman–Crippen LogP) is 0.820. The summed E-state index contributed by atoms with van der Waals surface area (Å²) in [5, 5.41) is 8.94. The Kier molecular flexibility index (Phi) is 6.20. The number of ether oxygens (including phenoxy) is 1. The van der Waals surface area contributed by atoms with E-state index < -0.39 is 0 Å². The van der Waals surface area contributed by atoms with Crippen molar-refractivity contribution in [1.29, 1.82) is 5.26 Å². The highest BCUT2D eigenvalue weighted by Gasteiger charge is 2.27. The Balaban J connectivity index is 1.49. The number of hydrogen-bond acceptors (Lipinski definition) is 6. The molecule has 0 bridgehead atoms. The standard InChI is InChI=1S/C19H27N5O2/c1-15(2)24-9-10-26-18(14-24)13-22-5-7-23(8-6-22)19(25)16-3-4-21-17(11-16)12-20/h3-4,11,15,18H,5-10,13-14H2,1-2H3. The van der Waals surface area contributed by atoms with Gasteiger partial charge in [0.15, 0.2) is 0 Å². The summed E-state index contributed by atoms with van der Waals surface area (Å²) < 4.78 is 5.93. The van der Waals surface area contributed by atoms with Gasteiger partial charge in [-0.15, -0.1) is 0 Å². The first-order valence-corrected chi connectivity index (χ1v) is 9.30. The van der Waals surface area contributed by atoms with E-state index in [0.717, 1.165) is 39.3 Å². The Labute approximate surface area is 155 Å². The van der Waals surface area contributed by atoms with E-state index in [0.29, 0.717) is 24.7 Å². The van der Waals surface area contributed by atoms with E-state index in [-0.39, 0.29) is 17.7 Å². The van der Waals surface area contributed by atoms with E-state index in [4.69, 9.17) is 10.00 Å². The molecule has 1 amide bonds. The van der Waals surface area contributed by atoms with E-state index in [9.17, 15) is 4.79 Å². The fraction of sp³-hybridized carbons (Fsp3) is 0.632. The molecule has 1 atom stereocenters. The summed E-state index contributed by atoms with van der Waals surface area (Å²) >= 11 is 0. The zero-order valence-corrected chi connectivity index (χ0v) is 15.6. The fourth-order valence-corrected chi connectivity index (χ4v) is 3.55. The molecule has 7 nitrogen and oxygen atoms in total. The van der Waals surface area contributed by atoms with Crippen molar-refractivity contribution in [3.8, 4) is 6.07 Å². The van der Waals surface area contributed by atoms with Crippen molar-refractivity contribution in [3.63, 3.8) is 0 Å². The minimum atomic E-state index is -0.0246. The number of piperazine rings is 1. The lowest BCUT2D eigenvalue weighted by Gasteiger charge is -2.40. The van der Waals surface area contributed by atoms with Crippen molar-refractivity contribution in [2.75, 3.05) is 52.4 Å². The second kappa shape index (κ2) is 8.58. The third-order valence-electron chi connectivity index (χ3n) is 5.14. The molecule has 0 spiro atoms. The van der Waals surface area contributed by atoms with Gasteiger partial charge in [-0.1, -0.05) is 0 Å². The topological polar surface area (TPSA) is 72.7 Å². The maximum Gasteiger partial charge on any atom is 0.254 e. The van der Waals surface area contributed by atoms with Crippen LogP contribution in [0, 0.1) is 11.3 Å². The molecule has 2 aliphatic rings. The quantitative estimate of drug-likeness (QED) is 0.794. The summed E-state index contributed by atoms with van der Waals surface area (Å²) in [6, 6.07) is 5.76. The Morgan fingerprint density at radius 1 is 1.35 bits per heavy atom. The minimum Gasteiger partial charge on any atom is -0.374 e. The van der Waals surface area contributed by atoms with Crippen LogP contribution in [0.3, 0.4) is 0 Å². The summed E-state index contributed by atoms with van der Waals surface area (Å²) in [6.07, 6.45) is 1.76. The summed E-state index contributed by atoms with van der Waals surface area (Å²) in [7, 11) is 0. The number of carbonyl (C=O) groups excluding carboxylic acids is 1. The normalized spacial score (nSPS) is 22.4. The lowest BCUT2D eigenvalue weighted by atomic mass is 10.1. The molecule has 3 rings (SSSR count). The molecule has 0 N–H and O–H groups in total. The molecular weight excluding hydrogens is 330 g/mol. The van der Waals surface area contributed by atoms with Gasteiger partial charge in [0, 0.05) is 63.6 Å². The Morgan fingerprint density at radius 2 is 2.12 bits per heavy atom. The van der Waals surface area contributed by atoms with Crippen LogP contribution in [0.4, 0.5) is 0 Å². The number of aromatic nitrogens is 1. The molecule has 140 valence electrons. The largest absolute Gasteiger partial charge is 0.374 e. The molecule has 0 saturated carbocycles. The molecule has 2 aliphatic heterocycles. The van der Waals surface area contributed by atoms with Gasteiger partial charge in [-0.2, -0.15) is 5.26 Å². The molecule has 1 aromatic heterocycles. The van der Waals surface area contributed by atoms with Crippen LogP contribution >= 0.6 is 0 Å². The van der Waals surface area contributed by atoms with Gasteiger partial charge in [0.25, 0.3) is 5.91 Å². The number of amides is 1. The SMILES string of the molecule is CC(C)N1CCOC(CN2CCN(C(=O)c3ccnc(C#N)c3)CC2)C1. The number of nitriles is 1. The number of carbonyl (C=O) groups is 1. The molecular formula is C19H27N5O2. The van der Waals surface area contributed by atoms with E-state index >= 15 is 0 Å². The van der Waals surface area contributed by atoms with E-state index in [1.807, 2.05) is 11.0 Å². The van der Waals surface area contributed by atoms with Crippen LogP contribution in [-0.4, -0.2) is 90.2 Å². The fourth-order valence-electron chi connectivity index (χ4n) is 3.55. The zero-order chi connectivity index (χ0) is 18.5. The Hall–Kier alpha value is -2.01. The average molecular weight is 357 g/mol. The third-order valence-corrected chi connectivity index (χ3v) is 5.14. The third kappa shape index (κ3) is 4.58. The average Bonchev–Trinajstić information content (AvgIpc) is 2.68. The van der Waals surface area contributed by atoms with E-state index in [1.54, 1.807) is 12.1 Å². The first-order valence-electron chi connectivity index (χ1n) is 9.30. The van der Waals surface area contributed by atoms with Crippen molar-refractivity contribution in [2.24, 2.45) is 0 Å². The molecule has 2 fully saturated rings. The first kappa shape index (κ1) is 18.8. The monoisotopic (exact) mass is 357 g/mol. The lowest BCUT2D eigenvalue weighted by Crippen LogP contribution is -2.54. The van der Waals surface area contributed by atoms with Gasteiger partial charge in [0.1, 0.15) is 11.8 Å². The van der Waals surface area contributed by atoms with Crippen LogP contribution in [0.2, 0.25) is 0 Å². The highest BCUT2D eigenvalue weighted by Crippen LogP contribution is 2.13. The summed E-state index contributed by atoms with van der Waals surface area (Å²) in [6.45, 7) is 11.2. The summed E-state index contributed by atoms with van der Waals surface area (Å²) in [5.74, 6) is -0.0246. The number of morpholine rings is 1. The van der Waals surface area contributed by atoms with Gasteiger partial charge in [-0.05, 0) is 26.0 Å². The second-order valence-corrected chi connectivity index (χ2v) is 7.22. The first-order chi connectivity index (χ1) is 12.6. The van der Waals surface area contributed by atoms with Crippen molar-refractivity contribution in [1.82, 2.24) is 19.7 Å². The number of rotatable bonds is 4. The molecule has 0 aliphatic carbocycles. The van der Waals surface area contributed by atoms with E-state index in [2.05, 4.69) is 28.6 Å². The van der Waals surface area contributed by atoms with Crippen LogP contribution in [-0.2, 0) is 4.74 Å². The number of hydrogen-bond donors (Lipinski definition) is 0. The Morgan fingerprint density at radius 3 is 2.81 bits per heavy atom.